The molecule has 7 heteroatoms. The number of hydrogen-bond acceptors (Lipinski definition) is 6. The zero-order chi connectivity index (χ0) is 18.2. The van der Waals surface area contributed by atoms with Crippen molar-refractivity contribution in [2.45, 2.75) is 24.9 Å². The molecule has 0 N–H and O–H groups in total. The number of halogens is 1. The van der Waals surface area contributed by atoms with E-state index in [0.717, 1.165) is 5.56 Å². The molecule has 1 atom stereocenters. The summed E-state index contributed by atoms with van der Waals surface area (Å²) in [6.07, 6.45) is 7.44. The predicted octanol–water partition coefficient (Wildman–Crippen LogP) is 4.82. The standard InChI is InChI=1S/C20H16BrN3O3/c21-19-8-14(5-6-22-19)26-15-7-17-20(24-10-15)27-18(11-25-17)13-3-4-16(23-9-13)12-1-2-12/h3-10,12,18H,1-2,11H2. The van der Waals surface area contributed by atoms with Crippen molar-refractivity contribution < 1.29 is 14.2 Å². The van der Waals surface area contributed by atoms with Gasteiger partial charge in [-0.1, -0.05) is 6.07 Å². The fraction of sp³-hybridized carbons (Fsp3) is 0.250. The predicted molar refractivity (Wildman–Crippen MR) is 101 cm³/mol. The lowest BCUT2D eigenvalue weighted by Gasteiger charge is -2.26. The van der Waals surface area contributed by atoms with Gasteiger partial charge in [-0.25, -0.2) is 9.97 Å². The second-order valence-corrected chi connectivity index (χ2v) is 7.41. The van der Waals surface area contributed by atoms with Gasteiger partial charge in [0.2, 0.25) is 0 Å². The van der Waals surface area contributed by atoms with Crippen molar-refractivity contribution >= 4 is 15.9 Å². The Kier molecular flexibility index (Phi) is 4.16. The van der Waals surface area contributed by atoms with Crippen LogP contribution >= 0.6 is 15.9 Å². The van der Waals surface area contributed by atoms with Gasteiger partial charge in [-0.15, -0.1) is 0 Å². The minimum absolute atomic E-state index is 0.214. The molecule has 3 aromatic heterocycles. The zero-order valence-electron chi connectivity index (χ0n) is 14.3. The van der Waals surface area contributed by atoms with Crippen LogP contribution in [-0.4, -0.2) is 21.6 Å². The van der Waals surface area contributed by atoms with E-state index in [1.54, 1.807) is 30.6 Å². The summed E-state index contributed by atoms with van der Waals surface area (Å²) in [6, 6.07) is 9.49. The maximum absolute atomic E-state index is 6.01. The first-order chi connectivity index (χ1) is 13.2. The Morgan fingerprint density at radius 1 is 1.00 bits per heavy atom. The third kappa shape index (κ3) is 3.60. The second-order valence-electron chi connectivity index (χ2n) is 6.60. The van der Waals surface area contributed by atoms with Crippen molar-refractivity contribution in [2.75, 3.05) is 6.61 Å². The molecule has 0 radical (unpaired) electrons. The number of fused-ring (bicyclic) bond motifs is 1. The first-order valence-corrected chi connectivity index (χ1v) is 9.59. The van der Waals surface area contributed by atoms with Crippen molar-refractivity contribution in [2.24, 2.45) is 0 Å². The van der Waals surface area contributed by atoms with Gasteiger partial charge in [0.05, 0.1) is 6.20 Å². The number of hydrogen-bond donors (Lipinski definition) is 0. The summed E-state index contributed by atoms with van der Waals surface area (Å²) >= 11 is 3.32. The molecule has 5 rings (SSSR count). The largest absolute Gasteiger partial charge is 0.484 e. The zero-order valence-corrected chi connectivity index (χ0v) is 15.9. The summed E-state index contributed by atoms with van der Waals surface area (Å²) in [6.45, 7) is 0.406. The highest BCUT2D eigenvalue weighted by Crippen LogP contribution is 2.40. The van der Waals surface area contributed by atoms with Crippen molar-refractivity contribution in [1.29, 1.82) is 0 Å². The van der Waals surface area contributed by atoms with E-state index in [1.165, 1.54) is 18.5 Å². The Balaban J connectivity index is 1.31. The third-order valence-electron chi connectivity index (χ3n) is 4.55. The summed E-state index contributed by atoms with van der Waals surface area (Å²) in [7, 11) is 0. The molecule has 136 valence electrons. The van der Waals surface area contributed by atoms with Crippen LogP contribution in [0.15, 0.2) is 53.5 Å². The molecule has 1 aliphatic heterocycles. The van der Waals surface area contributed by atoms with Gasteiger partial charge in [-0.05, 0) is 40.9 Å². The average molecular weight is 426 g/mol. The first kappa shape index (κ1) is 16.5. The van der Waals surface area contributed by atoms with E-state index in [4.69, 9.17) is 14.2 Å². The summed E-state index contributed by atoms with van der Waals surface area (Å²) in [4.78, 5) is 13.0. The molecule has 1 saturated carbocycles. The van der Waals surface area contributed by atoms with Crippen molar-refractivity contribution in [1.82, 2.24) is 15.0 Å². The van der Waals surface area contributed by atoms with Gasteiger partial charge >= 0.3 is 0 Å². The molecule has 0 spiro atoms. The highest BCUT2D eigenvalue weighted by molar-refractivity contribution is 9.10. The minimum Gasteiger partial charge on any atom is -0.484 e. The van der Waals surface area contributed by atoms with Gasteiger partial charge in [0, 0.05) is 41.7 Å². The lowest BCUT2D eigenvalue weighted by Crippen LogP contribution is -2.22. The molecule has 3 aromatic rings. The minimum atomic E-state index is -0.214. The van der Waals surface area contributed by atoms with E-state index in [0.29, 0.717) is 40.3 Å². The fourth-order valence-electron chi connectivity index (χ4n) is 2.97. The molecule has 1 fully saturated rings. The number of aromatic nitrogens is 3. The maximum atomic E-state index is 6.01. The molecular formula is C20H16BrN3O3. The van der Waals surface area contributed by atoms with E-state index >= 15 is 0 Å². The average Bonchev–Trinajstić information content (AvgIpc) is 3.53. The molecule has 0 bridgehead atoms. The van der Waals surface area contributed by atoms with Gasteiger partial charge in [0.1, 0.15) is 22.7 Å². The summed E-state index contributed by atoms with van der Waals surface area (Å²) in [5.41, 5.74) is 2.16. The lowest BCUT2D eigenvalue weighted by molar-refractivity contribution is 0.0844. The molecule has 0 aromatic carbocycles. The van der Waals surface area contributed by atoms with Crippen LogP contribution in [0.3, 0.4) is 0 Å². The Morgan fingerprint density at radius 2 is 1.93 bits per heavy atom. The number of pyridine rings is 3. The number of nitrogens with zero attached hydrogens (tertiary/aromatic N) is 3. The van der Waals surface area contributed by atoms with Gasteiger partial charge in [0.25, 0.3) is 5.88 Å². The van der Waals surface area contributed by atoms with Crippen LogP contribution < -0.4 is 14.2 Å². The smallest absolute Gasteiger partial charge is 0.258 e. The molecule has 1 unspecified atom stereocenters. The third-order valence-corrected chi connectivity index (χ3v) is 4.98. The van der Waals surface area contributed by atoms with Gasteiger partial charge in [-0.2, -0.15) is 0 Å². The quantitative estimate of drug-likeness (QED) is 0.558. The maximum Gasteiger partial charge on any atom is 0.258 e. The van der Waals surface area contributed by atoms with E-state index < -0.39 is 0 Å². The van der Waals surface area contributed by atoms with E-state index in [1.807, 2.05) is 6.20 Å². The summed E-state index contributed by atoms with van der Waals surface area (Å²) < 4.78 is 18.4. The van der Waals surface area contributed by atoms with Gasteiger partial charge in [0.15, 0.2) is 11.9 Å². The van der Waals surface area contributed by atoms with E-state index in [2.05, 4.69) is 43.0 Å². The summed E-state index contributed by atoms with van der Waals surface area (Å²) in [5, 5.41) is 0. The van der Waals surface area contributed by atoms with E-state index in [9.17, 15) is 0 Å². The monoisotopic (exact) mass is 425 g/mol. The lowest BCUT2D eigenvalue weighted by atomic mass is 10.1. The van der Waals surface area contributed by atoms with Crippen LogP contribution in [0.1, 0.15) is 36.1 Å². The van der Waals surface area contributed by atoms with Crippen LogP contribution in [0.2, 0.25) is 0 Å². The molecule has 0 saturated heterocycles. The second kappa shape index (κ2) is 6.81. The normalized spacial score (nSPS) is 18.2. The van der Waals surface area contributed by atoms with E-state index in [-0.39, 0.29) is 6.10 Å². The van der Waals surface area contributed by atoms with Crippen molar-refractivity contribution in [3.05, 3.63) is 64.8 Å². The molecule has 0 amide bonds. The Bertz CT molecular complexity index is 976. The van der Waals surface area contributed by atoms with Crippen molar-refractivity contribution in [3.8, 4) is 23.1 Å². The van der Waals surface area contributed by atoms with Crippen LogP contribution in [0.25, 0.3) is 0 Å². The van der Waals surface area contributed by atoms with Gasteiger partial charge in [-0.3, -0.25) is 4.98 Å². The van der Waals surface area contributed by atoms with Crippen molar-refractivity contribution in [3.63, 3.8) is 0 Å². The SMILES string of the molecule is Brc1cc(Oc2cnc3c(c2)OCC(c2ccc(C4CC4)nc2)O3)ccn1. The molecular weight excluding hydrogens is 410 g/mol. The number of rotatable bonds is 4. The van der Waals surface area contributed by atoms with Crippen LogP contribution in [0, 0.1) is 0 Å². The Morgan fingerprint density at radius 3 is 2.70 bits per heavy atom. The molecule has 6 nitrogen and oxygen atoms in total. The van der Waals surface area contributed by atoms with Gasteiger partial charge < -0.3 is 14.2 Å². The fourth-order valence-corrected chi connectivity index (χ4v) is 3.32. The highest BCUT2D eigenvalue weighted by Gasteiger charge is 2.27. The molecule has 2 aliphatic rings. The Hall–Kier alpha value is -2.67. The molecule has 4 heterocycles. The Labute approximate surface area is 164 Å². The van der Waals surface area contributed by atoms with Crippen LogP contribution in [0.5, 0.6) is 23.1 Å². The topological polar surface area (TPSA) is 66.4 Å². The molecule has 27 heavy (non-hydrogen) atoms. The summed E-state index contributed by atoms with van der Waals surface area (Å²) in [5.74, 6) is 2.91. The van der Waals surface area contributed by atoms with Crippen LogP contribution in [0.4, 0.5) is 0 Å². The molecule has 1 aliphatic carbocycles. The first-order valence-electron chi connectivity index (χ1n) is 8.79. The van der Waals surface area contributed by atoms with Crippen LogP contribution in [-0.2, 0) is 0 Å². The highest BCUT2D eigenvalue weighted by atomic mass is 79.9. The number of ether oxygens (including phenoxy) is 3.